The van der Waals surface area contributed by atoms with Gasteiger partial charge in [-0.1, -0.05) is 30.8 Å². The number of aryl methyl sites for hydroxylation is 1. The van der Waals surface area contributed by atoms with Crippen molar-refractivity contribution in [1.29, 1.82) is 0 Å². The highest BCUT2D eigenvalue weighted by atomic mass is 19.4. The second-order valence-electron chi connectivity index (χ2n) is 10.2. The van der Waals surface area contributed by atoms with E-state index >= 15 is 0 Å². The Labute approximate surface area is 223 Å². The lowest BCUT2D eigenvalue weighted by atomic mass is 9.80. The summed E-state index contributed by atoms with van der Waals surface area (Å²) in [5.74, 6) is 1.21. The fourth-order valence-electron chi connectivity index (χ4n) is 4.94. The molecule has 0 radical (unpaired) electrons. The van der Waals surface area contributed by atoms with Crippen LogP contribution in [0.1, 0.15) is 12.6 Å². The number of nitrogens with zero attached hydrogens (tertiary/aromatic N) is 5. The van der Waals surface area contributed by atoms with E-state index in [0.29, 0.717) is 17.3 Å². The Hall–Kier alpha value is -4.60. The number of alkyl halides is 3. The van der Waals surface area contributed by atoms with E-state index in [0.717, 1.165) is 39.0 Å². The van der Waals surface area contributed by atoms with Crippen LogP contribution in [0.3, 0.4) is 0 Å². The number of aromatic amines is 1. The van der Waals surface area contributed by atoms with Gasteiger partial charge in [-0.3, -0.25) is 5.10 Å². The Bertz CT molecular complexity index is 1660. The first-order valence-corrected chi connectivity index (χ1v) is 12.4. The van der Waals surface area contributed by atoms with Gasteiger partial charge in [0, 0.05) is 60.2 Å². The summed E-state index contributed by atoms with van der Waals surface area (Å²) in [5.41, 5.74) is 4.36. The largest absolute Gasteiger partial charge is 0.397 e. The van der Waals surface area contributed by atoms with Crippen LogP contribution in [0.5, 0.6) is 0 Å². The molecular formula is C29H26F3N7. The first kappa shape index (κ1) is 24.7. The van der Waals surface area contributed by atoms with E-state index in [2.05, 4.69) is 27.1 Å². The van der Waals surface area contributed by atoms with E-state index in [1.54, 1.807) is 23.4 Å². The molecular weight excluding hydrogens is 503 g/mol. The van der Waals surface area contributed by atoms with E-state index in [-0.39, 0.29) is 13.1 Å². The van der Waals surface area contributed by atoms with Crippen LogP contribution in [0.25, 0.3) is 39.1 Å². The summed E-state index contributed by atoms with van der Waals surface area (Å²) in [6.07, 6.45) is 1.09. The fourth-order valence-corrected chi connectivity index (χ4v) is 4.94. The number of fused-ring (bicyclic) bond motifs is 1. The van der Waals surface area contributed by atoms with Crippen LogP contribution >= 0.6 is 0 Å². The van der Waals surface area contributed by atoms with Gasteiger partial charge in [-0.2, -0.15) is 18.3 Å². The van der Waals surface area contributed by atoms with E-state index in [9.17, 15) is 13.2 Å². The molecule has 10 heteroatoms. The summed E-state index contributed by atoms with van der Waals surface area (Å²) >= 11 is 0. The molecule has 0 aliphatic carbocycles. The molecule has 2 aromatic carbocycles. The van der Waals surface area contributed by atoms with Crippen molar-refractivity contribution in [3.63, 3.8) is 0 Å². The van der Waals surface area contributed by atoms with Crippen molar-refractivity contribution in [2.24, 2.45) is 12.5 Å². The SMILES string of the molecule is C=C(c1cc2ccc(-c3nccc(Nc4ccc(-c5cn[nH]c5)cc4)n3)cc2n1C)N1CC(C)(C(F)(F)F)C1. The Kier molecular flexibility index (Phi) is 5.71. The molecule has 1 saturated heterocycles. The molecule has 0 unspecified atom stereocenters. The van der Waals surface area contributed by atoms with Crippen LogP contribution in [0.15, 0.2) is 79.8 Å². The van der Waals surface area contributed by atoms with E-state index < -0.39 is 11.6 Å². The van der Waals surface area contributed by atoms with Gasteiger partial charge in [0.2, 0.25) is 0 Å². The fraction of sp³-hybridized carbons (Fsp3) is 0.207. The first-order chi connectivity index (χ1) is 18.6. The Morgan fingerprint density at radius 3 is 2.46 bits per heavy atom. The molecule has 198 valence electrons. The van der Waals surface area contributed by atoms with Crippen LogP contribution in [0.2, 0.25) is 0 Å². The lowest BCUT2D eigenvalue weighted by Gasteiger charge is -2.50. The molecule has 5 aromatic rings. The minimum Gasteiger partial charge on any atom is -0.368 e. The van der Waals surface area contributed by atoms with Gasteiger partial charge in [0.15, 0.2) is 5.82 Å². The van der Waals surface area contributed by atoms with Crippen LogP contribution < -0.4 is 5.32 Å². The third-order valence-corrected chi connectivity index (χ3v) is 7.39. The van der Waals surface area contributed by atoms with Crippen LogP contribution in [-0.4, -0.2) is 48.9 Å². The van der Waals surface area contributed by atoms with Crippen molar-refractivity contribution in [3.05, 3.63) is 85.5 Å². The third-order valence-electron chi connectivity index (χ3n) is 7.39. The second kappa shape index (κ2) is 9.00. The molecule has 1 aliphatic heterocycles. The Balaban J connectivity index is 1.21. The van der Waals surface area contributed by atoms with Crippen molar-refractivity contribution < 1.29 is 13.2 Å². The predicted molar refractivity (Wildman–Crippen MR) is 146 cm³/mol. The van der Waals surface area contributed by atoms with Crippen molar-refractivity contribution in [2.45, 2.75) is 13.1 Å². The molecule has 3 aromatic heterocycles. The quantitative estimate of drug-likeness (QED) is 0.259. The normalized spacial score (nSPS) is 14.8. The maximum atomic E-state index is 13.3. The number of benzene rings is 2. The number of halogens is 3. The highest BCUT2D eigenvalue weighted by molar-refractivity contribution is 5.88. The topological polar surface area (TPSA) is 74.7 Å². The zero-order chi connectivity index (χ0) is 27.4. The number of aromatic nitrogens is 5. The average Bonchev–Trinajstić information content (AvgIpc) is 3.55. The molecule has 7 nitrogen and oxygen atoms in total. The van der Waals surface area contributed by atoms with Crippen molar-refractivity contribution >= 4 is 28.1 Å². The molecule has 1 aliphatic rings. The highest BCUT2D eigenvalue weighted by Gasteiger charge is 2.58. The van der Waals surface area contributed by atoms with Crippen LogP contribution in [0.4, 0.5) is 24.7 Å². The summed E-state index contributed by atoms with van der Waals surface area (Å²) in [4.78, 5) is 10.8. The third kappa shape index (κ3) is 4.41. The minimum absolute atomic E-state index is 0.0954. The Morgan fingerprint density at radius 1 is 1.03 bits per heavy atom. The minimum atomic E-state index is -4.23. The summed E-state index contributed by atoms with van der Waals surface area (Å²) in [5, 5.41) is 11.1. The van der Waals surface area contributed by atoms with Crippen LogP contribution in [0, 0.1) is 5.41 Å². The molecule has 6 rings (SSSR count). The number of nitrogens with one attached hydrogen (secondary N) is 2. The predicted octanol–water partition coefficient (Wildman–Crippen LogP) is 6.62. The molecule has 39 heavy (non-hydrogen) atoms. The molecule has 2 N–H and O–H groups in total. The zero-order valence-electron chi connectivity index (χ0n) is 21.4. The first-order valence-electron chi connectivity index (χ1n) is 12.4. The van der Waals surface area contributed by atoms with Crippen molar-refractivity contribution in [3.8, 4) is 22.5 Å². The lowest BCUT2D eigenvalue weighted by molar-refractivity contribution is -0.251. The molecule has 0 amide bonds. The summed E-state index contributed by atoms with van der Waals surface area (Å²) in [7, 11) is 1.89. The smallest absolute Gasteiger partial charge is 0.368 e. The lowest BCUT2D eigenvalue weighted by Crippen LogP contribution is -2.60. The van der Waals surface area contributed by atoms with Gasteiger partial charge in [-0.25, -0.2) is 9.97 Å². The highest BCUT2D eigenvalue weighted by Crippen LogP contribution is 2.47. The van der Waals surface area contributed by atoms with E-state index in [1.807, 2.05) is 66.3 Å². The van der Waals surface area contributed by atoms with E-state index in [1.165, 1.54) is 6.92 Å². The molecule has 0 bridgehead atoms. The van der Waals surface area contributed by atoms with Gasteiger partial charge in [-0.05, 0) is 42.8 Å². The van der Waals surface area contributed by atoms with Gasteiger partial charge in [0.05, 0.1) is 23.0 Å². The maximum Gasteiger partial charge on any atom is 0.397 e. The maximum absolute atomic E-state index is 13.3. The monoisotopic (exact) mass is 529 g/mol. The molecule has 0 saturated carbocycles. The number of hydrogen-bond donors (Lipinski definition) is 2. The standard InChI is InChI=1S/C29H26F3N7/c1-18(39-16-28(2,17-39)29(30,31)32)24-12-20-4-5-21(13-25(20)38(24)3)27-33-11-10-26(37-27)36-23-8-6-19(7-9-23)22-14-34-35-15-22/h4-15H,1,16-17H2,2-3H3,(H,34,35)(H,33,36,37). The molecule has 0 atom stereocenters. The van der Waals surface area contributed by atoms with E-state index in [4.69, 9.17) is 4.98 Å². The number of anilines is 2. The number of rotatable bonds is 6. The number of likely N-dealkylation sites (tertiary alicyclic amines) is 1. The summed E-state index contributed by atoms with van der Waals surface area (Å²) in [6, 6.07) is 17.6. The summed E-state index contributed by atoms with van der Waals surface area (Å²) in [6.45, 7) is 5.17. The number of hydrogen-bond acceptors (Lipinski definition) is 5. The van der Waals surface area contributed by atoms with Gasteiger partial charge in [0.25, 0.3) is 0 Å². The molecule has 1 fully saturated rings. The number of H-pyrrole nitrogens is 1. The average molecular weight is 530 g/mol. The Morgan fingerprint density at radius 2 is 1.77 bits per heavy atom. The van der Waals surface area contributed by atoms with Crippen molar-refractivity contribution in [2.75, 3.05) is 18.4 Å². The zero-order valence-corrected chi connectivity index (χ0v) is 21.4. The van der Waals surface area contributed by atoms with Gasteiger partial charge in [0.1, 0.15) is 5.82 Å². The molecule has 4 heterocycles. The van der Waals surface area contributed by atoms with Crippen molar-refractivity contribution in [1.82, 2.24) is 29.6 Å². The van der Waals surface area contributed by atoms with Gasteiger partial charge in [-0.15, -0.1) is 0 Å². The molecule has 0 spiro atoms. The van der Waals surface area contributed by atoms with Gasteiger partial charge >= 0.3 is 6.18 Å². The summed E-state index contributed by atoms with van der Waals surface area (Å²) < 4.78 is 41.9. The van der Waals surface area contributed by atoms with Gasteiger partial charge < -0.3 is 14.8 Å². The second-order valence-corrected chi connectivity index (χ2v) is 10.2. The van der Waals surface area contributed by atoms with Crippen LogP contribution in [-0.2, 0) is 7.05 Å².